The first kappa shape index (κ1) is 14.1. The van der Waals surface area contributed by atoms with Gasteiger partial charge in [-0.25, -0.2) is 9.59 Å². The van der Waals surface area contributed by atoms with Gasteiger partial charge in [-0.1, -0.05) is 35.0 Å². The molecule has 2 rings (SSSR count). The zero-order valence-corrected chi connectivity index (χ0v) is 11.4. The molecule has 0 aliphatic rings. The number of benzene rings is 1. The summed E-state index contributed by atoms with van der Waals surface area (Å²) in [6, 6.07) is 6.72. The van der Waals surface area contributed by atoms with Gasteiger partial charge in [0.25, 0.3) is 5.76 Å². The van der Waals surface area contributed by atoms with E-state index in [1.165, 1.54) is 14.2 Å². The number of halogens is 1. The van der Waals surface area contributed by atoms with Crippen LogP contribution in [0.5, 0.6) is 0 Å². The fraction of sp³-hybridized carbons (Fsp3) is 0.154. The molecule has 0 aliphatic heterocycles. The van der Waals surface area contributed by atoms with Crippen LogP contribution in [-0.2, 0) is 9.47 Å². The molecule has 0 saturated heterocycles. The summed E-state index contributed by atoms with van der Waals surface area (Å²) in [5.74, 6) is -1.91. The van der Waals surface area contributed by atoms with Crippen LogP contribution in [0.3, 0.4) is 0 Å². The number of rotatable bonds is 3. The smallest absolute Gasteiger partial charge is 0.377 e. The summed E-state index contributed by atoms with van der Waals surface area (Å²) in [6.07, 6.45) is 0. The number of esters is 2. The number of hydrogen-bond acceptors (Lipinski definition) is 6. The topological polar surface area (TPSA) is 78.6 Å². The Morgan fingerprint density at radius 2 is 1.80 bits per heavy atom. The van der Waals surface area contributed by atoms with Crippen LogP contribution in [0.15, 0.2) is 28.8 Å². The van der Waals surface area contributed by atoms with E-state index in [0.29, 0.717) is 10.6 Å². The maximum absolute atomic E-state index is 11.8. The van der Waals surface area contributed by atoms with Crippen molar-refractivity contribution in [2.45, 2.75) is 0 Å². The van der Waals surface area contributed by atoms with Gasteiger partial charge in [-0.2, -0.15) is 0 Å². The Kier molecular flexibility index (Phi) is 4.05. The quantitative estimate of drug-likeness (QED) is 0.810. The second kappa shape index (κ2) is 5.75. The van der Waals surface area contributed by atoms with Crippen molar-refractivity contribution in [1.82, 2.24) is 5.16 Å². The molecule has 0 aliphatic carbocycles. The Balaban J connectivity index is 2.66. The monoisotopic (exact) mass is 295 g/mol. The lowest BCUT2D eigenvalue weighted by Gasteiger charge is -2.03. The van der Waals surface area contributed by atoms with Crippen molar-refractivity contribution < 1.29 is 23.6 Å². The molecule has 0 N–H and O–H groups in total. The fourth-order valence-electron chi connectivity index (χ4n) is 1.65. The Bertz CT molecular complexity index is 665. The third-order valence-electron chi connectivity index (χ3n) is 2.58. The highest BCUT2D eigenvalue weighted by molar-refractivity contribution is 6.33. The van der Waals surface area contributed by atoms with Crippen LogP contribution in [0.1, 0.15) is 20.9 Å². The van der Waals surface area contributed by atoms with Crippen LogP contribution in [0.4, 0.5) is 0 Å². The second-order valence-electron chi connectivity index (χ2n) is 3.70. The molecule has 0 spiro atoms. The minimum absolute atomic E-state index is 0.118. The Labute approximate surface area is 119 Å². The predicted molar refractivity (Wildman–Crippen MR) is 69.6 cm³/mol. The SMILES string of the molecule is COC(=O)c1onc(-c2ccccc2Cl)c1C(=O)OC. The molecule has 1 aromatic carbocycles. The van der Waals surface area contributed by atoms with Gasteiger partial charge < -0.3 is 14.0 Å². The van der Waals surface area contributed by atoms with E-state index in [1.54, 1.807) is 24.3 Å². The van der Waals surface area contributed by atoms with Crippen LogP contribution in [0.25, 0.3) is 11.3 Å². The molecule has 7 heteroatoms. The van der Waals surface area contributed by atoms with E-state index in [2.05, 4.69) is 14.6 Å². The fourth-order valence-corrected chi connectivity index (χ4v) is 1.88. The van der Waals surface area contributed by atoms with E-state index in [0.717, 1.165) is 0 Å². The standard InChI is InChI=1S/C13H10ClNO5/c1-18-12(16)9-10(7-5-3-4-6-8(7)14)15-20-11(9)13(17)19-2/h3-6H,1-2H3. The van der Waals surface area contributed by atoms with Crippen molar-refractivity contribution in [3.8, 4) is 11.3 Å². The average Bonchev–Trinajstić information content (AvgIpc) is 2.90. The number of aromatic nitrogens is 1. The molecule has 0 unspecified atom stereocenters. The van der Waals surface area contributed by atoms with Crippen molar-refractivity contribution in [2.24, 2.45) is 0 Å². The first-order valence-corrected chi connectivity index (χ1v) is 5.89. The summed E-state index contributed by atoms with van der Waals surface area (Å²) in [5.41, 5.74) is 0.462. The van der Waals surface area contributed by atoms with Gasteiger partial charge in [0.15, 0.2) is 0 Å². The minimum Gasteiger partial charge on any atom is -0.465 e. The van der Waals surface area contributed by atoms with Crippen molar-refractivity contribution in [2.75, 3.05) is 14.2 Å². The lowest BCUT2D eigenvalue weighted by atomic mass is 10.1. The zero-order valence-electron chi connectivity index (χ0n) is 10.7. The number of ether oxygens (including phenoxy) is 2. The van der Waals surface area contributed by atoms with Gasteiger partial charge in [-0.15, -0.1) is 0 Å². The molecule has 1 aromatic heterocycles. The number of nitrogens with zero attached hydrogens (tertiary/aromatic N) is 1. The van der Waals surface area contributed by atoms with E-state index < -0.39 is 11.9 Å². The molecule has 0 amide bonds. The zero-order chi connectivity index (χ0) is 14.7. The van der Waals surface area contributed by atoms with E-state index in [-0.39, 0.29) is 17.0 Å². The minimum atomic E-state index is -0.823. The summed E-state index contributed by atoms with van der Waals surface area (Å²) in [6.45, 7) is 0. The van der Waals surface area contributed by atoms with Gasteiger partial charge in [0.2, 0.25) is 0 Å². The van der Waals surface area contributed by atoms with Crippen LogP contribution in [0.2, 0.25) is 5.02 Å². The largest absolute Gasteiger partial charge is 0.465 e. The Morgan fingerprint density at radius 1 is 1.15 bits per heavy atom. The molecule has 2 aromatic rings. The van der Waals surface area contributed by atoms with Gasteiger partial charge in [0.1, 0.15) is 11.3 Å². The van der Waals surface area contributed by atoms with Crippen LogP contribution in [-0.4, -0.2) is 31.3 Å². The normalized spacial score (nSPS) is 10.2. The molecule has 0 fully saturated rings. The van der Waals surface area contributed by atoms with Gasteiger partial charge in [0.05, 0.1) is 19.2 Å². The van der Waals surface area contributed by atoms with Crippen molar-refractivity contribution >= 4 is 23.5 Å². The molecule has 0 atom stereocenters. The Hall–Kier alpha value is -2.34. The molecule has 0 saturated carbocycles. The van der Waals surface area contributed by atoms with Gasteiger partial charge in [-0.3, -0.25) is 0 Å². The maximum Gasteiger partial charge on any atom is 0.377 e. The maximum atomic E-state index is 11.8. The third kappa shape index (κ3) is 2.37. The lowest BCUT2D eigenvalue weighted by Crippen LogP contribution is -2.10. The molecular weight excluding hydrogens is 286 g/mol. The van der Waals surface area contributed by atoms with Crippen molar-refractivity contribution in [1.29, 1.82) is 0 Å². The van der Waals surface area contributed by atoms with Gasteiger partial charge in [0, 0.05) is 5.56 Å². The summed E-state index contributed by atoms with van der Waals surface area (Å²) < 4.78 is 14.1. The van der Waals surface area contributed by atoms with Crippen LogP contribution >= 0.6 is 11.6 Å². The molecule has 104 valence electrons. The number of carbonyl (C=O) groups is 2. The highest BCUT2D eigenvalue weighted by Crippen LogP contribution is 2.31. The van der Waals surface area contributed by atoms with E-state index in [9.17, 15) is 9.59 Å². The summed E-state index contributed by atoms with van der Waals surface area (Å²) >= 11 is 6.05. The van der Waals surface area contributed by atoms with E-state index >= 15 is 0 Å². The number of carbonyl (C=O) groups excluding carboxylic acids is 2. The molecule has 0 radical (unpaired) electrons. The van der Waals surface area contributed by atoms with E-state index in [1.807, 2.05) is 0 Å². The number of hydrogen-bond donors (Lipinski definition) is 0. The summed E-state index contributed by atoms with van der Waals surface area (Å²) in [7, 11) is 2.36. The summed E-state index contributed by atoms with van der Waals surface area (Å²) in [4.78, 5) is 23.4. The molecule has 6 nitrogen and oxygen atoms in total. The second-order valence-corrected chi connectivity index (χ2v) is 4.11. The highest BCUT2D eigenvalue weighted by atomic mass is 35.5. The first-order chi connectivity index (χ1) is 9.60. The molecule has 1 heterocycles. The van der Waals surface area contributed by atoms with E-state index in [4.69, 9.17) is 16.1 Å². The van der Waals surface area contributed by atoms with Crippen molar-refractivity contribution in [3.63, 3.8) is 0 Å². The van der Waals surface area contributed by atoms with Crippen LogP contribution < -0.4 is 0 Å². The van der Waals surface area contributed by atoms with Gasteiger partial charge >= 0.3 is 11.9 Å². The van der Waals surface area contributed by atoms with Crippen LogP contribution in [0, 0.1) is 0 Å². The predicted octanol–water partition coefficient (Wildman–Crippen LogP) is 2.57. The molecular formula is C13H10ClNO5. The molecule has 20 heavy (non-hydrogen) atoms. The third-order valence-corrected chi connectivity index (χ3v) is 2.91. The lowest BCUT2D eigenvalue weighted by molar-refractivity contribution is 0.0521. The molecule has 0 bridgehead atoms. The van der Waals surface area contributed by atoms with Crippen molar-refractivity contribution in [3.05, 3.63) is 40.6 Å². The average molecular weight is 296 g/mol. The first-order valence-electron chi connectivity index (χ1n) is 5.51. The van der Waals surface area contributed by atoms with Gasteiger partial charge in [-0.05, 0) is 6.07 Å². The Morgan fingerprint density at radius 3 is 2.40 bits per heavy atom. The summed E-state index contributed by atoms with van der Waals surface area (Å²) in [5, 5.41) is 4.09. The number of methoxy groups -OCH3 is 2. The highest BCUT2D eigenvalue weighted by Gasteiger charge is 2.30.